The van der Waals surface area contributed by atoms with Crippen LogP contribution in [-0.4, -0.2) is 50.7 Å². The predicted molar refractivity (Wildman–Crippen MR) is 150 cm³/mol. The molecule has 1 fully saturated rings. The first-order chi connectivity index (χ1) is 18.8. The van der Waals surface area contributed by atoms with Crippen LogP contribution in [0.1, 0.15) is 50.6 Å². The van der Waals surface area contributed by atoms with Gasteiger partial charge in [-0.15, -0.1) is 0 Å². The monoisotopic (exact) mass is 522 g/mol. The lowest BCUT2D eigenvalue weighted by Gasteiger charge is -2.29. The number of amides is 2. The maximum atomic E-state index is 13.4. The molecule has 0 radical (unpaired) electrons. The highest BCUT2D eigenvalue weighted by atomic mass is 16.5. The molecule has 5 aromatic rings. The largest absolute Gasteiger partial charge is 0.393 e. The Morgan fingerprint density at radius 1 is 1.03 bits per heavy atom. The Labute approximate surface area is 225 Å². The summed E-state index contributed by atoms with van der Waals surface area (Å²) in [4.78, 5) is 28.1. The van der Waals surface area contributed by atoms with E-state index >= 15 is 0 Å². The Balaban J connectivity index is 1.60. The summed E-state index contributed by atoms with van der Waals surface area (Å²) < 4.78 is 7.59. The van der Waals surface area contributed by atoms with Crippen molar-refractivity contribution in [3.05, 3.63) is 88.8 Å². The zero-order valence-electron chi connectivity index (χ0n) is 22.0. The summed E-state index contributed by atoms with van der Waals surface area (Å²) in [6.07, 6.45) is 0.777. The summed E-state index contributed by atoms with van der Waals surface area (Å²) in [6, 6.07) is 19.6. The molecule has 39 heavy (non-hydrogen) atoms. The number of aliphatic hydroxyl groups excluding tert-OH is 1. The standard InChI is InChI=1S/C31H30N4O4/c1-18-28(19(2)39-33-18)22-15-25(30(32)37)29-24-14-21(31(38)34-12-10-23(36)11-13-34)8-9-26(24)35(27(29)16-22)17-20-6-4-3-5-7-20/h3-9,14-16,23,36H,10-13,17H2,1-2H3,(H2,32,37). The SMILES string of the molecule is Cc1noc(C)c1-c1cc(C(N)=O)c2c3cc(C(=O)N4CCC(O)CC4)ccc3n(Cc3ccccc3)c2c1. The zero-order chi connectivity index (χ0) is 27.3. The first-order valence-corrected chi connectivity index (χ1v) is 13.2. The Hall–Kier alpha value is -4.43. The number of benzene rings is 3. The fourth-order valence-corrected chi connectivity index (χ4v) is 5.78. The number of piperidine rings is 1. The van der Waals surface area contributed by atoms with Crippen molar-refractivity contribution in [2.45, 2.75) is 39.3 Å². The van der Waals surface area contributed by atoms with Gasteiger partial charge in [-0.2, -0.15) is 0 Å². The molecular formula is C31H30N4O4. The number of fused-ring (bicyclic) bond motifs is 3. The van der Waals surface area contributed by atoms with Crippen LogP contribution in [0, 0.1) is 13.8 Å². The zero-order valence-corrected chi connectivity index (χ0v) is 22.0. The third-order valence-corrected chi connectivity index (χ3v) is 7.73. The maximum absolute atomic E-state index is 13.4. The van der Waals surface area contributed by atoms with Crippen LogP contribution in [0.15, 0.2) is 65.2 Å². The van der Waals surface area contributed by atoms with E-state index in [1.54, 1.807) is 11.0 Å². The lowest BCUT2D eigenvalue weighted by molar-refractivity contribution is 0.0546. The Kier molecular flexibility index (Phi) is 6.19. The number of carbonyl (C=O) groups excluding carboxylic acids is 2. The van der Waals surface area contributed by atoms with Gasteiger partial charge in [-0.25, -0.2) is 0 Å². The molecule has 8 heteroatoms. The van der Waals surface area contributed by atoms with E-state index in [9.17, 15) is 14.7 Å². The summed E-state index contributed by atoms with van der Waals surface area (Å²) in [7, 11) is 0. The number of nitrogens with zero attached hydrogens (tertiary/aromatic N) is 3. The average molecular weight is 523 g/mol. The van der Waals surface area contributed by atoms with Gasteiger partial charge in [-0.1, -0.05) is 35.5 Å². The number of hydrogen-bond donors (Lipinski definition) is 2. The van der Waals surface area contributed by atoms with Crippen molar-refractivity contribution in [3.63, 3.8) is 0 Å². The third kappa shape index (κ3) is 4.36. The Morgan fingerprint density at radius 3 is 2.44 bits per heavy atom. The number of aliphatic hydroxyl groups is 1. The first kappa shape index (κ1) is 24.9. The van der Waals surface area contributed by atoms with E-state index in [2.05, 4.69) is 21.9 Å². The lowest BCUT2D eigenvalue weighted by atomic mass is 9.97. The molecule has 1 aliphatic heterocycles. The molecule has 0 atom stereocenters. The minimum Gasteiger partial charge on any atom is -0.393 e. The van der Waals surface area contributed by atoms with Crippen LogP contribution in [0.25, 0.3) is 32.9 Å². The topological polar surface area (TPSA) is 115 Å². The van der Waals surface area contributed by atoms with Crippen molar-refractivity contribution >= 4 is 33.6 Å². The second kappa shape index (κ2) is 9.71. The van der Waals surface area contributed by atoms with E-state index in [4.69, 9.17) is 10.3 Å². The summed E-state index contributed by atoms with van der Waals surface area (Å²) in [5.41, 5.74) is 12.1. The number of carbonyl (C=O) groups is 2. The number of nitrogens with two attached hydrogens (primary N) is 1. The molecule has 0 aliphatic carbocycles. The molecule has 3 aromatic carbocycles. The van der Waals surface area contributed by atoms with Gasteiger partial charge >= 0.3 is 0 Å². The van der Waals surface area contributed by atoms with Crippen LogP contribution in [0.3, 0.4) is 0 Å². The van der Waals surface area contributed by atoms with Gasteiger partial charge < -0.3 is 24.8 Å². The summed E-state index contributed by atoms with van der Waals surface area (Å²) in [6.45, 7) is 5.32. The smallest absolute Gasteiger partial charge is 0.253 e. The van der Waals surface area contributed by atoms with Crippen molar-refractivity contribution in [2.24, 2.45) is 5.73 Å². The molecule has 198 valence electrons. The van der Waals surface area contributed by atoms with Gasteiger partial charge in [0.15, 0.2) is 0 Å². The number of aryl methyl sites for hydroxylation is 2. The van der Waals surface area contributed by atoms with Gasteiger partial charge in [0.1, 0.15) is 5.76 Å². The van der Waals surface area contributed by atoms with E-state index in [1.165, 1.54) is 0 Å². The van der Waals surface area contributed by atoms with Gasteiger partial charge in [0.2, 0.25) is 5.91 Å². The number of primary amides is 1. The Bertz CT molecular complexity index is 1710. The van der Waals surface area contributed by atoms with Gasteiger partial charge in [-0.05, 0) is 68.1 Å². The van der Waals surface area contributed by atoms with Crippen LogP contribution < -0.4 is 5.73 Å². The molecule has 1 saturated heterocycles. The van der Waals surface area contributed by atoms with Crippen molar-refractivity contribution in [1.82, 2.24) is 14.6 Å². The molecule has 2 aromatic heterocycles. The second-order valence-corrected chi connectivity index (χ2v) is 10.3. The summed E-state index contributed by atoms with van der Waals surface area (Å²) in [5.74, 6) is 0.0300. The molecule has 1 aliphatic rings. The normalized spacial score (nSPS) is 14.4. The molecule has 3 heterocycles. The van der Waals surface area contributed by atoms with Crippen molar-refractivity contribution in [1.29, 1.82) is 0 Å². The predicted octanol–water partition coefficient (Wildman–Crippen LogP) is 4.81. The highest BCUT2D eigenvalue weighted by Crippen LogP contribution is 2.38. The van der Waals surface area contributed by atoms with E-state index in [0.29, 0.717) is 54.7 Å². The van der Waals surface area contributed by atoms with Gasteiger partial charge in [0.05, 0.1) is 17.3 Å². The molecule has 3 N–H and O–H groups in total. The minimum atomic E-state index is -0.547. The first-order valence-electron chi connectivity index (χ1n) is 13.2. The third-order valence-electron chi connectivity index (χ3n) is 7.73. The number of rotatable bonds is 5. The molecule has 0 saturated carbocycles. The molecule has 2 amide bonds. The van der Waals surface area contributed by atoms with E-state index in [1.807, 2.05) is 56.3 Å². The van der Waals surface area contributed by atoms with Gasteiger partial charge in [-0.3, -0.25) is 9.59 Å². The highest BCUT2D eigenvalue weighted by molar-refractivity contribution is 6.20. The van der Waals surface area contributed by atoms with E-state index in [-0.39, 0.29) is 12.0 Å². The molecule has 0 unspecified atom stereocenters. The second-order valence-electron chi connectivity index (χ2n) is 10.3. The fourth-order valence-electron chi connectivity index (χ4n) is 5.78. The van der Waals surface area contributed by atoms with Crippen molar-refractivity contribution < 1.29 is 19.2 Å². The summed E-state index contributed by atoms with van der Waals surface area (Å²) >= 11 is 0. The quantitative estimate of drug-likeness (QED) is 0.344. The molecule has 6 rings (SSSR count). The van der Waals surface area contributed by atoms with Crippen LogP contribution >= 0.6 is 0 Å². The Morgan fingerprint density at radius 2 is 1.77 bits per heavy atom. The average Bonchev–Trinajstić information content (AvgIpc) is 3.44. The van der Waals surface area contributed by atoms with Crippen LogP contribution in [0.4, 0.5) is 0 Å². The van der Waals surface area contributed by atoms with E-state index in [0.717, 1.165) is 38.8 Å². The fraction of sp³-hybridized carbons (Fsp3) is 0.258. The number of aromatic nitrogens is 2. The van der Waals surface area contributed by atoms with Crippen molar-refractivity contribution in [3.8, 4) is 11.1 Å². The molecular weight excluding hydrogens is 492 g/mol. The number of likely N-dealkylation sites (tertiary alicyclic amines) is 1. The van der Waals surface area contributed by atoms with Gasteiger partial charge in [0, 0.05) is 52.6 Å². The van der Waals surface area contributed by atoms with E-state index < -0.39 is 5.91 Å². The highest BCUT2D eigenvalue weighted by Gasteiger charge is 2.25. The molecule has 8 nitrogen and oxygen atoms in total. The lowest BCUT2D eigenvalue weighted by Crippen LogP contribution is -2.40. The van der Waals surface area contributed by atoms with Crippen LogP contribution in [0.5, 0.6) is 0 Å². The minimum absolute atomic E-state index is 0.0827. The summed E-state index contributed by atoms with van der Waals surface area (Å²) in [5, 5.41) is 15.5. The number of hydrogen-bond acceptors (Lipinski definition) is 5. The molecule has 0 spiro atoms. The van der Waals surface area contributed by atoms with Crippen molar-refractivity contribution in [2.75, 3.05) is 13.1 Å². The van der Waals surface area contributed by atoms with Gasteiger partial charge in [0.25, 0.3) is 5.91 Å². The maximum Gasteiger partial charge on any atom is 0.253 e. The van der Waals surface area contributed by atoms with Crippen LogP contribution in [-0.2, 0) is 6.54 Å². The molecule has 0 bridgehead atoms. The van der Waals surface area contributed by atoms with Crippen LogP contribution in [0.2, 0.25) is 0 Å².